The Kier molecular flexibility index (Phi) is 5.11. The van der Waals surface area contributed by atoms with E-state index in [1.807, 2.05) is 0 Å². The molecule has 1 aromatic heterocycles. The van der Waals surface area contributed by atoms with Gasteiger partial charge in [0.2, 0.25) is 0 Å². The van der Waals surface area contributed by atoms with E-state index in [1.54, 1.807) is 19.9 Å². The van der Waals surface area contributed by atoms with Gasteiger partial charge in [0.25, 0.3) is 0 Å². The lowest BCUT2D eigenvalue weighted by Gasteiger charge is -2.26. The second-order valence-electron chi connectivity index (χ2n) is 4.23. The van der Waals surface area contributed by atoms with Gasteiger partial charge in [-0.15, -0.1) is 0 Å². The number of thiocarbonyl (C=S) groups is 1. The number of nitrogens with zero attached hydrogens (tertiary/aromatic N) is 2. The van der Waals surface area contributed by atoms with E-state index in [4.69, 9.17) is 18.0 Å². The number of alkyl halides is 3. The molecule has 0 unspecified atom stereocenters. The molecular formula is C12H16F3N3S. The first kappa shape index (κ1) is 15.7. The van der Waals surface area contributed by atoms with E-state index in [2.05, 4.69) is 4.98 Å². The van der Waals surface area contributed by atoms with Crippen LogP contribution in [-0.4, -0.2) is 29.2 Å². The number of aromatic nitrogens is 1. The van der Waals surface area contributed by atoms with Gasteiger partial charge in [0.05, 0.1) is 5.56 Å². The Morgan fingerprint density at radius 3 is 2.58 bits per heavy atom. The van der Waals surface area contributed by atoms with Crippen LogP contribution in [0.1, 0.15) is 24.5 Å². The molecule has 0 aliphatic carbocycles. The van der Waals surface area contributed by atoms with Gasteiger partial charge in [0.1, 0.15) is 17.4 Å². The zero-order valence-corrected chi connectivity index (χ0v) is 11.6. The molecule has 1 aromatic rings. The molecule has 0 radical (unpaired) electrons. The normalized spacial score (nSPS) is 11.4. The molecule has 0 amide bonds. The molecule has 0 spiro atoms. The second kappa shape index (κ2) is 6.18. The maximum absolute atomic E-state index is 12.6. The summed E-state index contributed by atoms with van der Waals surface area (Å²) in [6.45, 7) is 2.73. The molecule has 3 nitrogen and oxygen atoms in total. The summed E-state index contributed by atoms with van der Waals surface area (Å²) in [7, 11) is 0. The summed E-state index contributed by atoms with van der Waals surface area (Å²) in [5.41, 5.74) is 6.73. The van der Waals surface area contributed by atoms with Crippen molar-refractivity contribution >= 4 is 23.0 Å². The largest absolute Gasteiger partial charge is 0.405 e. The van der Waals surface area contributed by atoms with Crippen molar-refractivity contribution in [1.82, 2.24) is 4.98 Å². The molecule has 0 aromatic carbocycles. The van der Waals surface area contributed by atoms with Crippen molar-refractivity contribution in [2.24, 2.45) is 5.73 Å². The SMILES string of the molecule is CCCN(CC(F)(F)F)c1nccc(C)c1C(N)=S. The Hall–Kier alpha value is -1.37. The fraction of sp³-hybridized carbons (Fsp3) is 0.500. The Morgan fingerprint density at radius 2 is 2.11 bits per heavy atom. The highest BCUT2D eigenvalue weighted by molar-refractivity contribution is 7.80. The number of halogens is 3. The molecule has 0 atom stereocenters. The van der Waals surface area contributed by atoms with E-state index in [0.29, 0.717) is 12.0 Å². The smallest absolute Gasteiger partial charge is 0.389 e. The van der Waals surface area contributed by atoms with Crippen molar-refractivity contribution < 1.29 is 13.2 Å². The zero-order valence-electron chi connectivity index (χ0n) is 10.8. The van der Waals surface area contributed by atoms with E-state index >= 15 is 0 Å². The van der Waals surface area contributed by atoms with Crippen molar-refractivity contribution in [1.29, 1.82) is 0 Å². The molecule has 19 heavy (non-hydrogen) atoms. The van der Waals surface area contributed by atoms with Crippen LogP contribution in [0.15, 0.2) is 12.3 Å². The predicted molar refractivity (Wildman–Crippen MR) is 73.4 cm³/mol. The van der Waals surface area contributed by atoms with E-state index in [1.165, 1.54) is 11.1 Å². The third kappa shape index (κ3) is 4.34. The fourth-order valence-corrected chi connectivity index (χ4v) is 2.09. The maximum atomic E-state index is 12.6. The first-order valence-corrected chi connectivity index (χ1v) is 6.24. The zero-order chi connectivity index (χ0) is 14.6. The number of rotatable bonds is 5. The van der Waals surface area contributed by atoms with Crippen LogP contribution in [0.4, 0.5) is 19.0 Å². The van der Waals surface area contributed by atoms with Gasteiger partial charge >= 0.3 is 6.18 Å². The van der Waals surface area contributed by atoms with Crippen LogP contribution >= 0.6 is 12.2 Å². The molecule has 0 bridgehead atoms. The van der Waals surface area contributed by atoms with E-state index in [-0.39, 0.29) is 17.4 Å². The quantitative estimate of drug-likeness (QED) is 0.847. The minimum absolute atomic E-state index is 0.0591. The Bertz CT molecular complexity index is 460. The number of nitrogens with two attached hydrogens (primary N) is 1. The van der Waals surface area contributed by atoms with Crippen LogP contribution in [0, 0.1) is 6.92 Å². The van der Waals surface area contributed by atoms with Gasteiger partial charge < -0.3 is 10.6 Å². The molecule has 1 heterocycles. The van der Waals surface area contributed by atoms with Crippen LogP contribution in [0.3, 0.4) is 0 Å². The lowest BCUT2D eigenvalue weighted by atomic mass is 10.1. The van der Waals surface area contributed by atoms with Gasteiger partial charge in [0, 0.05) is 12.7 Å². The Labute approximate surface area is 115 Å². The number of pyridine rings is 1. The number of aryl methyl sites for hydroxylation is 1. The third-order valence-electron chi connectivity index (χ3n) is 2.55. The number of anilines is 1. The van der Waals surface area contributed by atoms with E-state index in [9.17, 15) is 13.2 Å². The summed E-state index contributed by atoms with van der Waals surface area (Å²) in [6, 6.07) is 1.68. The molecule has 0 saturated carbocycles. The predicted octanol–water partition coefficient (Wildman–Crippen LogP) is 2.80. The maximum Gasteiger partial charge on any atom is 0.405 e. The summed E-state index contributed by atoms with van der Waals surface area (Å²) in [5.74, 6) is 0.201. The minimum Gasteiger partial charge on any atom is -0.389 e. The lowest BCUT2D eigenvalue weighted by molar-refractivity contribution is -0.119. The van der Waals surface area contributed by atoms with Crippen molar-refractivity contribution in [3.8, 4) is 0 Å². The summed E-state index contributed by atoms with van der Waals surface area (Å²) >= 11 is 4.91. The molecule has 0 aliphatic rings. The molecule has 0 aliphatic heterocycles. The van der Waals surface area contributed by atoms with Gasteiger partial charge in [-0.25, -0.2) is 4.98 Å². The number of hydrogen-bond donors (Lipinski definition) is 1. The first-order valence-electron chi connectivity index (χ1n) is 5.83. The molecular weight excluding hydrogens is 275 g/mol. The van der Waals surface area contributed by atoms with Crippen molar-refractivity contribution in [3.05, 3.63) is 23.4 Å². The van der Waals surface area contributed by atoms with Crippen molar-refractivity contribution in [2.75, 3.05) is 18.0 Å². The average Bonchev–Trinajstić information content (AvgIpc) is 2.25. The fourth-order valence-electron chi connectivity index (χ4n) is 1.83. The standard InChI is InChI=1S/C12H16F3N3S/c1-3-6-18(7-12(13,14)15)11-9(10(16)19)8(2)4-5-17-11/h4-5H,3,6-7H2,1-2H3,(H2,16,19). The summed E-state index contributed by atoms with van der Waals surface area (Å²) in [4.78, 5) is 5.25. The highest BCUT2D eigenvalue weighted by Gasteiger charge is 2.32. The van der Waals surface area contributed by atoms with Gasteiger partial charge in [0.15, 0.2) is 0 Å². The lowest BCUT2D eigenvalue weighted by Crippen LogP contribution is -2.37. The Morgan fingerprint density at radius 1 is 1.47 bits per heavy atom. The molecule has 1 rings (SSSR count). The first-order chi connectivity index (χ1) is 8.76. The van der Waals surface area contributed by atoms with Gasteiger partial charge in [-0.2, -0.15) is 13.2 Å². The highest BCUT2D eigenvalue weighted by atomic mass is 32.1. The van der Waals surface area contributed by atoms with Crippen LogP contribution in [0.5, 0.6) is 0 Å². The summed E-state index contributed by atoms with van der Waals surface area (Å²) in [6.07, 6.45) is -2.26. The van der Waals surface area contributed by atoms with Crippen molar-refractivity contribution in [3.63, 3.8) is 0 Å². The Balaban J connectivity index is 3.22. The molecule has 0 saturated heterocycles. The number of hydrogen-bond acceptors (Lipinski definition) is 3. The van der Waals surface area contributed by atoms with Crippen LogP contribution in [0.2, 0.25) is 0 Å². The van der Waals surface area contributed by atoms with Crippen molar-refractivity contribution in [2.45, 2.75) is 26.4 Å². The molecule has 106 valence electrons. The second-order valence-corrected chi connectivity index (χ2v) is 4.67. The van der Waals surface area contributed by atoms with Crippen LogP contribution in [0.25, 0.3) is 0 Å². The van der Waals surface area contributed by atoms with Gasteiger partial charge in [-0.3, -0.25) is 0 Å². The molecule has 2 N–H and O–H groups in total. The molecule has 0 fully saturated rings. The average molecular weight is 291 g/mol. The van der Waals surface area contributed by atoms with Gasteiger partial charge in [-0.1, -0.05) is 19.1 Å². The summed E-state index contributed by atoms with van der Waals surface area (Å²) in [5, 5.41) is 0. The van der Waals surface area contributed by atoms with Crippen LogP contribution < -0.4 is 10.6 Å². The molecule has 7 heteroatoms. The van der Waals surface area contributed by atoms with E-state index in [0.717, 1.165) is 5.56 Å². The third-order valence-corrected chi connectivity index (χ3v) is 2.75. The van der Waals surface area contributed by atoms with E-state index < -0.39 is 12.7 Å². The highest BCUT2D eigenvalue weighted by Crippen LogP contribution is 2.25. The summed E-state index contributed by atoms with van der Waals surface area (Å²) < 4.78 is 37.8. The van der Waals surface area contributed by atoms with Crippen LogP contribution in [-0.2, 0) is 0 Å². The topological polar surface area (TPSA) is 42.2 Å². The van der Waals surface area contributed by atoms with Gasteiger partial charge in [-0.05, 0) is 25.0 Å². The minimum atomic E-state index is -4.30. The monoisotopic (exact) mass is 291 g/mol.